The number of anilines is 1. The molecule has 2 N–H and O–H groups in total. The largest absolute Gasteiger partial charge is 0.325 e. The molecule has 0 spiro atoms. The zero-order valence-electron chi connectivity index (χ0n) is 16.2. The predicted molar refractivity (Wildman–Crippen MR) is 103 cm³/mol. The van der Waals surface area contributed by atoms with Gasteiger partial charge in [0.1, 0.15) is 17.9 Å². The predicted octanol–water partition coefficient (Wildman–Crippen LogP) is 3.68. The monoisotopic (exact) mass is 419 g/mol. The first-order valence-corrected chi connectivity index (χ1v) is 9.42. The van der Waals surface area contributed by atoms with Crippen molar-refractivity contribution in [2.24, 2.45) is 0 Å². The number of halogens is 3. The molecule has 30 heavy (non-hydrogen) atoms. The van der Waals surface area contributed by atoms with Crippen LogP contribution in [0.4, 0.5) is 23.7 Å². The normalized spacial score (nSPS) is 18.5. The van der Waals surface area contributed by atoms with E-state index in [9.17, 15) is 27.6 Å². The maximum Gasteiger partial charge on any atom is 0.325 e. The lowest BCUT2D eigenvalue weighted by Crippen LogP contribution is -2.44. The SMILES string of the molecule is CCCC[C@]1(c2ccc(F)cc2)NC(=O)N(CC(=O)Nc2ccc(F)c(F)c2)C1=O. The van der Waals surface area contributed by atoms with E-state index < -0.39 is 47.4 Å². The molecular weight excluding hydrogens is 399 g/mol. The van der Waals surface area contributed by atoms with Crippen molar-refractivity contribution in [2.75, 3.05) is 11.9 Å². The number of rotatable bonds is 7. The Labute approximate surface area is 171 Å². The molecule has 3 rings (SSSR count). The average Bonchev–Trinajstić information content (AvgIpc) is 2.95. The summed E-state index contributed by atoms with van der Waals surface area (Å²) in [5.41, 5.74) is -0.996. The second-order valence-electron chi connectivity index (χ2n) is 7.01. The molecule has 0 aliphatic carbocycles. The number of unbranched alkanes of at least 4 members (excludes halogenated alkanes) is 1. The first-order chi connectivity index (χ1) is 14.3. The van der Waals surface area contributed by atoms with Crippen molar-refractivity contribution in [2.45, 2.75) is 31.7 Å². The van der Waals surface area contributed by atoms with E-state index in [4.69, 9.17) is 0 Å². The van der Waals surface area contributed by atoms with Gasteiger partial charge in [-0.3, -0.25) is 14.5 Å². The van der Waals surface area contributed by atoms with E-state index in [1.807, 2.05) is 6.92 Å². The van der Waals surface area contributed by atoms with E-state index in [-0.39, 0.29) is 12.1 Å². The maximum atomic E-state index is 13.3. The van der Waals surface area contributed by atoms with Gasteiger partial charge in [-0.25, -0.2) is 18.0 Å². The summed E-state index contributed by atoms with van der Waals surface area (Å²) >= 11 is 0. The molecule has 1 atom stereocenters. The smallest absolute Gasteiger partial charge is 0.324 e. The number of carbonyl (C=O) groups is 3. The van der Waals surface area contributed by atoms with Crippen molar-refractivity contribution in [1.82, 2.24) is 10.2 Å². The summed E-state index contributed by atoms with van der Waals surface area (Å²) in [6.45, 7) is 1.31. The molecule has 4 amide bonds. The van der Waals surface area contributed by atoms with Gasteiger partial charge in [-0.1, -0.05) is 31.9 Å². The third-order valence-electron chi connectivity index (χ3n) is 4.92. The Hall–Kier alpha value is -3.36. The Bertz CT molecular complexity index is 981. The van der Waals surface area contributed by atoms with Crippen molar-refractivity contribution in [3.05, 3.63) is 65.5 Å². The Balaban J connectivity index is 1.81. The summed E-state index contributed by atoms with van der Waals surface area (Å²) < 4.78 is 39.7. The molecule has 2 aromatic rings. The quantitative estimate of drug-likeness (QED) is 0.672. The Morgan fingerprint density at radius 3 is 2.40 bits per heavy atom. The Morgan fingerprint density at radius 2 is 1.77 bits per heavy atom. The summed E-state index contributed by atoms with van der Waals surface area (Å²) in [4.78, 5) is 38.8. The first kappa shape index (κ1) is 21.4. The Morgan fingerprint density at radius 1 is 1.07 bits per heavy atom. The standard InChI is InChI=1S/C21H20F3N3O3/c1-2-3-10-21(13-4-6-14(22)7-5-13)19(29)27(20(30)26-21)12-18(28)25-15-8-9-16(23)17(24)11-15/h4-9,11H,2-3,10,12H2,1H3,(H,25,28)(H,26,30)/t21-/m1/s1. The third kappa shape index (κ3) is 4.14. The van der Waals surface area contributed by atoms with Gasteiger partial charge in [0.05, 0.1) is 0 Å². The summed E-state index contributed by atoms with van der Waals surface area (Å²) in [6, 6.07) is 7.28. The number of hydrogen-bond donors (Lipinski definition) is 2. The van der Waals surface area contributed by atoms with Gasteiger partial charge in [-0.05, 0) is 36.2 Å². The zero-order chi connectivity index (χ0) is 21.9. The van der Waals surface area contributed by atoms with Gasteiger partial charge in [0, 0.05) is 11.8 Å². The minimum Gasteiger partial charge on any atom is -0.324 e. The highest BCUT2D eigenvalue weighted by Gasteiger charge is 2.52. The number of carbonyl (C=O) groups excluding carboxylic acids is 3. The molecular formula is C21H20F3N3O3. The lowest BCUT2D eigenvalue weighted by molar-refractivity contribution is -0.134. The summed E-state index contributed by atoms with van der Waals surface area (Å²) in [5, 5.41) is 4.98. The fourth-order valence-electron chi connectivity index (χ4n) is 3.37. The fourth-order valence-corrected chi connectivity index (χ4v) is 3.37. The highest BCUT2D eigenvalue weighted by atomic mass is 19.2. The van der Waals surface area contributed by atoms with Gasteiger partial charge in [-0.15, -0.1) is 0 Å². The molecule has 1 aliphatic rings. The van der Waals surface area contributed by atoms with Gasteiger partial charge in [0.25, 0.3) is 5.91 Å². The topological polar surface area (TPSA) is 78.5 Å². The van der Waals surface area contributed by atoms with Crippen molar-refractivity contribution in [1.29, 1.82) is 0 Å². The maximum absolute atomic E-state index is 13.3. The molecule has 2 aromatic carbocycles. The lowest BCUT2D eigenvalue weighted by Gasteiger charge is -2.27. The molecule has 0 saturated carbocycles. The van der Waals surface area contributed by atoms with Crippen molar-refractivity contribution in [3.63, 3.8) is 0 Å². The molecule has 0 radical (unpaired) electrons. The second-order valence-corrected chi connectivity index (χ2v) is 7.01. The minimum atomic E-state index is -1.40. The molecule has 1 aliphatic heterocycles. The van der Waals surface area contributed by atoms with E-state index in [1.165, 1.54) is 24.3 Å². The van der Waals surface area contributed by atoms with E-state index in [1.54, 1.807) is 0 Å². The van der Waals surface area contributed by atoms with E-state index >= 15 is 0 Å². The van der Waals surface area contributed by atoms with Crippen LogP contribution >= 0.6 is 0 Å². The molecule has 0 bridgehead atoms. The number of nitrogens with one attached hydrogen (secondary N) is 2. The lowest BCUT2D eigenvalue weighted by atomic mass is 9.85. The van der Waals surface area contributed by atoms with Gasteiger partial charge >= 0.3 is 6.03 Å². The first-order valence-electron chi connectivity index (χ1n) is 9.42. The van der Waals surface area contributed by atoms with Crippen molar-refractivity contribution < 1.29 is 27.6 Å². The van der Waals surface area contributed by atoms with Crippen LogP contribution in [0.1, 0.15) is 31.7 Å². The molecule has 1 heterocycles. The van der Waals surface area contributed by atoms with E-state index in [0.29, 0.717) is 12.0 Å². The van der Waals surface area contributed by atoms with Crippen LogP contribution in [0.15, 0.2) is 42.5 Å². The van der Waals surface area contributed by atoms with Crippen LogP contribution in [-0.2, 0) is 15.1 Å². The second kappa shape index (κ2) is 8.56. The van der Waals surface area contributed by atoms with Crippen molar-refractivity contribution in [3.8, 4) is 0 Å². The summed E-state index contributed by atoms with van der Waals surface area (Å²) in [6.07, 6.45) is 1.64. The van der Waals surface area contributed by atoms with Crippen LogP contribution in [0, 0.1) is 17.5 Å². The van der Waals surface area contributed by atoms with Gasteiger partial charge in [0.15, 0.2) is 11.6 Å². The Kier molecular flexibility index (Phi) is 6.09. The van der Waals surface area contributed by atoms with E-state index in [2.05, 4.69) is 10.6 Å². The van der Waals surface area contributed by atoms with Gasteiger partial charge in [0.2, 0.25) is 5.91 Å². The van der Waals surface area contributed by atoms with Gasteiger partial charge in [-0.2, -0.15) is 0 Å². The number of hydrogen-bond acceptors (Lipinski definition) is 3. The molecule has 1 fully saturated rings. The number of benzene rings is 2. The van der Waals surface area contributed by atoms with Crippen LogP contribution in [0.3, 0.4) is 0 Å². The van der Waals surface area contributed by atoms with Gasteiger partial charge < -0.3 is 10.6 Å². The fraction of sp³-hybridized carbons (Fsp3) is 0.286. The van der Waals surface area contributed by atoms with Crippen LogP contribution in [0.2, 0.25) is 0 Å². The van der Waals surface area contributed by atoms with Crippen LogP contribution in [0.25, 0.3) is 0 Å². The van der Waals surface area contributed by atoms with E-state index in [0.717, 1.165) is 29.5 Å². The number of urea groups is 1. The number of amides is 4. The third-order valence-corrected chi connectivity index (χ3v) is 4.92. The molecule has 9 heteroatoms. The molecule has 158 valence electrons. The molecule has 0 unspecified atom stereocenters. The number of imide groups is 1. The molecule has 0 aromatic heterocycles. The van der Waals surface area contributed by atoms with Crippen LogP contribution < -0.4 is 10.6 Å². The highest BCUT2D eigenvalue weighted by molar-refractivity contribution is 6.10. The van der Waals surface area contributed by atoms with Crippen molar-refractivity contribution >= 4 is 23.5 Å². The average molecular weight is 419 g/mol. The van der Waals surface area contributed by atoms with Crippen LogP contribution in [0.5, 0.6) is 0 Å². The molecule has 1 saturated heterocycles. The number of nitrogens with zero attached hydrogens (tertiary/aromatic N) is 1. The van der Waals surface area contributed by atoms with Crippen LogP contribution in [-0.4, -0.2) is 29.3 Å². The summed E-state index contributed by atoms with van der Waals surface area (Å²) in [7, 11) is 0. The minimum absolute atomic E-state index is 0.0123. The zero-order valence-corrected chi connectivity index (χ0v) is 16.2. The molecule has 6 nitrogen and oxygen atoms in total. The summed E-state index contributed by atoms with van der Waals surface area (Å²) in [5.74, 6) is -4.08. The highest BCUT2D eigenvalue weighted by Crippen LogP contribution is 2.34.